The lowest BCUT2D eigenvalue weighted by Gasteiger charge is -2.41. The van der Waals surface area contributed by atoms with Gasteiger partial charge in [-0.25, -0.2) is 4.79 Å². The number of aliphatic hydroxyl groups is 2. The predicted octanol–water partition coefficient (Wildman–Crippen LogP) is 2.63. The third kappa shape index (κ3) is 3.95. The first-order valence-corrected chi connectivity index (χ1v) is 12.2. The maximum atomic E-state index is 12.5. The molecular formula is C29H26N2O6. The van der Waals surface area contributed by atoms with Crippen molar-refractivity contribution < 1.29 is 19.7 Å². The van der Waals surface area contributed by atoms with E-state index in [0.717, 1.165) is 37.9 Å². The van der Waals surface area contributed by atoms with Crippen molar-refractivity contribution >= 4 is 0 Å². The summed E-state index contributed by atoms with van der Waals surface area (Å²) in [6.07, 6.45) is -1.76. The van der Waals surface area contributed by atoms with Crippen LogP contribution in [0.4, 0.5) is 0 Å². The highest BCUT2D eigenvalue weighted by Crippen LogP contribution is 2.47. The van der Waals surface area contributed by atoms with Crippen LogP contribution in [0.1, 0.15) is 17.4 Å². The van der Waals surface area contributed by atoms with Crippen molar-refractivity contribution in [3.8, 4) is 22.3 Å². The molecule has 4 aromatic rings. The molecule has 1 fully saturated rings. The average molecular weight is 499 g/mol. The lowest BCUT2D eigenvalue weighted by atomic mass is 9.78. The van der Waals surface area contributed by atoms with E-state index in [0.29, 0.717) is 0 Å². The Morgan fingerprint density at radius 3 is 2.32 bits per heavy atom. The van der Waals surface area contributed by atoms with Crippen molar-refractivity contribution in [2.24, 2.45) is 0 Å². The quantitative estimate of drug-likeness (QED) is 0.399. The van der Waals surface area contributed by atoms with Crippen LogP contribution in [0.2, 0.25) is 0 Å². The molecule has 8 nitrogen and oxygen atoms in total. The molecule has 1 aromatic heterocycles. The average Bonchev–Trinajstić information content (AvgIpc) is 3.19. The number of aromatic nitrogens is 2. The second-order valence-electron chi connectivity index (χ2n) is 9.47. The van der Waals surface area contributed by atoms with Gasteiger partial charge in [0.15, 0.2) is 6.23 Å². The highest BCUT2D eigenvalue weighted by atomic mass is 16.6. The van der Waals surface area contributed by atoms with Crippen LogP contribution in [0, 0.1) is 0 Å². The first-order chi connectivity index (χ1) is 18.0. The van der Waals surface area contributed by atoms with Crippen LogP contribution in [0.25, 0.3) is 22.3 Å². The van der Waals surface area contributed by atoms with Gasteiger partial charge in [0.05, 0.1) is 13.2 Å². The second kappa shape index (κ2) is 9.24. The van der Waals surface area contributed by atoms with Crippen molar-refractivity contribution in [3.05, 3.63) is 117 Å². The summed E-state index contributed by atoms with van der Waals surface area (Å²) in [5, 5.41) is 21.8. The van der Waals surface area contributed by atoms with Crippen LogP contribution >= 0.6 is 0 Å². The van der Waals surface area contributed by atoms with Crippen molar-refractivity contribution in [2.75, 3.05) is 6.61 Å². The molecule has 2 aliphatic heterocycles. The Morgan fingerprint density at radius 1 is 0.946 bits per heavy atom. The van der Waals surface area contributed by atoms with E-state index in [2.05, 4.69) is 29.2 Å². The molecule has 3 aromatic carbocycles. The molecule has 2 aliphatic rings. The monoisotopic (exact) mass is 498 g/mol. The molecular weight excluding hydrogens is 472 g/mol. The number of benzene rings is 3. The van der Waals surface area contributed by atoms with Gasteiger partial charge in [-0.1, -0.05) is 60.7 Å². The van der Waals surface area contributed by atoms with Gasteiger partial charge in [0, 0.05) is 18.7 Å². The first kappa shape index (κ1) is 23.6. The zero-order chi connectivity index (χ0) is 25.6. The van der Waals surface area contributed by atoms with Crippen LogP contribution < -0.4 is 11.2 Å². The largest absolute Gasteiger partial charge is 0.394 e. The fraction of sp³-hybridized carbons (Fsp3) is 0.241. The van der Waals surface area contributed by atoms with E-state index in [4.69, 9.17) is 9.47 Å². The Labute approximate surface area is 212 Å². The van der Waals surface area contributed by atoms with E-state index in [1.54, 1.807) is 0 Å². The maximum Gasteiger partial charge on any atom is 0.330 e. The Morgan fingerprint density at radius 2 is 1.65 bits per heavy atom. The highest BCUT2D eigenvalue weighted by Gasteiger charge is 2.59. The summed E-state index contributed by atoms with van der Waals surface area (Å²) >= 11 is 0. The third-order valence-electron chi connectivity index (χ3n) is 7.39. The number of aromatic amines is 1. The smallest absolute Gasteiger partial charge is 0.330 e. The maximum absolute atomic E-state index is 12.5. The minimum absolute atomic E-state index is 0.194. The number of nitrogens with one attached hydrogen (secondary N) is 1. The second-order valence-corrected chi connectivity index (χ2v) is 9.47. The Kier molecular flexibility index (Phi) is 5.89. The molecule has 4 atom stereocenters. The minimum atomic E-state index is -1.29. The summed E-state index contributed by atoms with van der Waals surface area (Å²) in [4.78, 5) is 26.2. The summed E-state index contributed by atoms with van der Waals surface area (Å²) < 4.78 is 13.5. The summed E-state index contributed by atoms with van der Waals surface area (Å²) in [5.41, 5.74) is 3.59. The summed E-state index contributed by atoms with van der Waals surface area (Å²) in [7, 11) is 0. The lowest BCUT2D eigenvalue weighted by Crippen LogP contribution is -2.55. The van der Waals surface area contributed by atoms with E-state index < -0.39 is 41.9 Å². The lowest BCUT2D eigenvalue weighted by molar-refractivity contribution is -0.152. The molecule has 8 heteroatoms. The fourth-order valence-corrected chi connectivity index (χ4v) is 5.51. The van der Waals surface area contributed by atoms with Gasteiger partial charge in [-0.05, 0) is 45.5 Å². The van der Waals surface area contributed by atoms with Crippen LogP contribution in [0.15, 0.2) is 94.6 Å². The van der Waals surface area contributed by atoms with Crippen molar-refractivity contribution in [2.45, 2.75) is 37.1 Å². The molecule has 188 valence electrons. The van der Waals surface area contributed by atoms with E-state index in [1.807, 2.05) is 48.5 Å². The fourth-order valence-electron chi connectivity index (χ4n) is 5.51. The van der Waals surface area contributed by atoms with Gasteiger partial charge in [0.2, 0.25) is 0 Å². The number of rotatable bonds is 4. The van der Waals surface area contributed by atoms with Gasteiger partial charge >= 0.3 is 5.69 Å². The Hall–Kier alpha value is -3.82. The van der Waals surface area contributed by atoms with Crippen molar-refractivity contribution in [3.63, 3.8) is 0 Å². The van der Waals surface area contributed by atoms with E-state index in [1.165, 1.54) is 12.3 Å². The van der Waals surface area contributed by atoms with E-state index in [9.17, 15) is 19.8 Å². The number of aliphatic hydroxyl groups excluding tert-OH is 2. The molecule has 3 N–H and O–H groups in total. The van der Waals surface area contributed by atoms with Gasteiger partial charge in [-0.2, -0.15) is 0 Å². The summed E-state index contributed by atoms with van der Waals surface area (Å²) in [6.45, 7) is -0.218. The molecule has 0 unspecified atom stereocenters. The van der Waals surface area contributed by atoms with E-state index >= 15 is 0 Å². The molecule has 0 saturated carbocycles. The van der Waals surface area contributed by atoms with Crippen LogP contribution in [-0.2, 0) is 22.5 Å². The van der Waals surface area contributed by atoms with Gasteiger partial charge in [0.25, 0.3) is 5.56 Å². The van der Waals surface area contributed by atoms with Crippen LogP contribution in [0.5, 0.6) is 0 Å². The molecule has 6 rings (SSSR count). The first-order valence-electron chi connectivity index (χ1n) is 12.2. The zero-order valence-corrected chi connectivity index (χ0v) is 19.9. The van der Waals surface area contributed by atoms with Crippen molar-refractivity contribution in [1.29, 1.82) is 0 Å². The number of ether oxygens (including phenoxy) is 2. The van der Waals surface area contributed by atoms with Gasteiger partial charge in [0.1, 0.15) is 17.8 Å². The number of hydrogen-bond donors (Lipinski definition) is 3. The molecule has 0 radical (unpaired) electrons. The molecule has 0 aliphatic carbocycles. The summed E-state index contributed by atoms with van der Waals surface area (Å²) in [5.74, 6) is 0. The number of fused-ring (bicyclic) bond motifs is 1. The molecule has 0 bridgehead atoms. The molecule has 3 heterocycles. The molecule has 0 amide bonds. The van der Waals surface area contributed by atoms with Gasteiger partial charge < -0.3 is 19.7 Å². The Bertz CT molecular complexity index is 1550. The van der Waals surface area contributed by atoms with Crippen LogP contribution in [-0.4, -0.2) is 44.2 Å². The normalized spacial score (nSPS) is 24.8. The molecule has 1 spiro atoms. The highest BCUT2D eigenvalue weighted by molar-refractivity contribution is 5.77. The number of hydrogen-bond acceptors (Lipinski definition) is 6. The van der Waals surface area contributed by atoms with Gasteiger partial charge in [-0.15, -0.1) is 0 Å². The van der Waals surface area contributed by atoms with E-state index in [-0.39, 0.29) is 13.0 Å². The minimum Gasteiger partial charge on any atom is -0.394 e. The number of nitrogens with zero attached hydrogens (tertiary/aromatic N) is 1. The third-order valence-corrected chi connectivity index (χ3v) is 7.39. The Balaban J connectivity index is 1.47. The number of H-pyrrole nitrogens is 1. The van der Waals surface area contributed by atoms with Gasteiger partial charge in [-0.3, -0.25) is 14.3 Å². The zero-order valence-electron chi connectivity index (χ0n) is 19.9. The standard InChI is InChI=1S/C29H26N2O6/c32-16-24-29(26(34)27(37-24)31-12-11-25(33)30-28(31)35)15-23-21(17-36-29)13-20(18-7-3-1-4-8-18)14-22(23)19-9-5-2-6-10-19/h1-14,24,26-27,32,34H,15-17H2,(H,30,33,35)/t24-,26+,27-,29-/m1/s1. The van der Waals surface area contributed by atoms with Crippen LogP contribution in [0.3, 0.4) is 0 Å². The van der Waals surface area contributed by atoms with Crippen molar-refractivity contribution in [1.82, 2.24) is 9.55 Å². The molecule has 1 saturated heterocycles. The topological polar surface area (TPSA) is 114 Å². The molecule has 37 heavy (non-hydrogen) atoms. The predicted molar refractivity (Wildman–Crippen MR) is 137 cm³/mol. The SMILES string of the molecule is O=c1ccn([C@@H]2O[C@H](CO)[C@]3(Cc4c(cc(-c5ccccc5)cc4-c4ccccc4)CO3)[C@H]2O)c(=O)[nH]1. The summed E-state index contributed by atoms with van der Waals surface area (Å²) in [6, 6.07) is 25.5.